The topological polar surface area (TPSA) is 42.6 Å². The summed E-state index contributed by atoms with van der Waals surface area (Å²) in [6.07, 6.45) is 2.53. The Hall–Kier alpha value is -0.200. The van der Waals surface area contributed by atoms with Crippen molar-refractivity contribution in [2.75, 3.05) is 78.5 Å². The monoisotopic (exact) mass is 269 g/mol. The average Bonchev–Trinajstić information content (AvgIpc) is 2.46. The lowest BCUT2D eigenvalue weighted by Gasteiger charge is -2.23. The number of nitrogens with zero attached hydrogens (tertiary/aromatic N) is 2. The zero-order chi connectivity index (χ0) is 13.2. The fourth-order valence-electron chi connectivity index (χ4n) is 2.85. The lowest BCUT2D eigenvalue weighted by molar-refractivity contribution is 0.265. The first-order valence-electron chi connectivity index (χ1n) is 8.02. The largest absolute Gasteiger partial charge is 0.315 e. The summed E-state index contributed by atoms with van der Waals surface area (Å²) in [7, 11) is 0. The van der Waals surface area contributed by atoms with Gasteiger partial charge in [-0.05, 0) is 39.0 Å². The van der Waals surface area contributed by atoms with Gasteiger partial charge in [0.25, 0.3) is 0 Å². The third-order valence-electron chi connectivity index (χ3n) is 4.08. The summed E-state index contributed by atoms with van der Waals surface area (Å²) in [5.41, 5.74) is 0. The van der Waals surface area contributed by atoms with Crippen LogP contribution in [0.2, 0.25) is 0 Å². The summed E-state index contributed by atoms with van der Waals surface area (Å²) in [4.78, 5) is 5.18. The Labute approximate surface area is 118 Å². The van der Waals surface area contributed by atoms with E-state index in [1.807, 2.05) is 0 Å². The first kappa shape index (κ1) is 15.2. The van der Waals surface area contributed by atoms with Gasteiger partial charge in [-0.15, -0.1) is 0 Å². The highest BCUT2D eigenvalue weighted by atomic mass is 15.2. The smallest absolute Gasteiger partial charge is 0.0107 e. The quantitative estimate of drug-likeness (QED) is 0.501. The lowest BCUT2D eigenvalue weighted by atomic mass is 10.3. The fourth-order valence-corrected chi connectivity index (χ4v) is 2.85. The van der Waals surface area contributed by atoms with Crippen molar-refractivity contribution in [2.24, 2.45) is 0 Å². The number of hydrogen-bond acceptors (Lipinski definition) is 5. The van der Waals surface area contributed by atoms with Gasteiger partial charge in [0.15, 0.2) is 0 Å². The Kier molecular flexibility index (Phi) is 7.73. The zero-order valence-corrected chi connectivity index (χ0v) is 12.3. The molecule has 0 saturated carbocycles. The van der Waals surface area contributed by atoms with Crippen LogP contribution in [0, 0.1) is 0 Å². The zero-order valence-electron chi connectivity index (χ0n) is 12.3. The number of fused-ring (bicyclic) bond motifs is 6. The van der Waals surface area contributed by atoms with Crippen molar-refractivity contribution in [3.05, 3.63) is 0 Å². The molecule has 0 aliphatic carbocycles. The van der Waals surface area contributed by atoms with Gasteiger partial charge < -0.3 is 25.8 Å². The van der Waals surface area contributed by atoms with E-state index < -0.39 is 0 Å². The summed E-state index contributed by atoms with van der Waals surface area (Å²) in [5.74, 6) is 0. The van der Waals surface area contributed by atoms with E-state index in [9.17, 15) is 0 Å². The van der Waals surface area contributed by atoms with Crippen LogP contribution >= 0.6 is 0 Å². The molecule has 0 aromatic rings. The van der Waals surface area contributed by atoms with Gasteiger partial charge in [0, 0.05) is 52.4 Å². The molecule has 2 aliphatic rings. The molecule has 2 unspecified atom stereocenters. The molecule has 0 aromatic carbocycles. The maximum Gasteiger partial charge on any atom is 0.0107 e. The molecule has 0 spiro atoms. The van der Waals surface area contributed by atoms with E-state index >= 15 is 0 Å². The third kappa shape index (κ3) is 6.68. The second-order valence-electron chi connectivity index (χ2n) is 5.64. The first-order chi connectivity index (χ1) is 9.45. The molecule has 19 heavy (non-hydrogen) atoms. The Morgan fingerprint density at radius 3 is 1.21 bits per heavy atom. The highest BCUT2D eigenvalue weighted by Gasteiger charge is 2.09. The SMILES string of the molecule is C1CNCCN2CCCNCCN(C1)CCNCC2. The summed E-state index contributed by atoms with van der Waals surface area (Å²) in [5, 5.41) is 10.8. The van der Waals surface area contributed by atoms with Gasteiger partial charge in [0.1, 0.15) is 0 Å². The highest BCUT2D eigenvalue weighted by Crippen LogP contribution is 1.95. The minimum Gasteiger partial charge on any atom is -0.315 e. The second-order valence-corrected chi connectivity index (χ2v) is 5.64. The van der Waals surface area contributed by atoms with Crippen LogP contribution in [0.3, 0.4) is 0 Å². The molecular formula is C14H31N5. The van der Waals surface area contributed by atoms with Gasteiger partial charge in [0.2, 0.25) is 0 Å². The van der Waals surface area contributed by atoms with Crippen molar-refractivity contribution in [3.63, 3.8) is 0 Å². The molecule has 2 rings (SSSR count). The molecule has 112 valence electrons. The third-order valence-corrected chi connectivity index (χ3v) is 4.08. The number of rotatable bonds is 0. The van der Waals surface area contributed by atoms with E-state index in [1.54, 1.807) is 0 Å². The molecular weight excluding hydrogens is 238 g/mol. The van der Waals surface area contributed by atoms with E-state index in [0.29, 0.717) is 0 Å². The van der Waals surface area contributed by atoms with Crippen molar-refractivity contribution in [1.29, 1.82) is 0 Å². The first-order valence-corrected chi connectivity index (χ1v) is 8.02. The van der Waals surface area contributed by atoms with Gasteiger partial charge in [-0.25, -0.2) is 0 Å². The molecule has 2 atom stereocenters. The molecule has 0 aromatic heterocycles. The number of nitrogens with one attached hydrogen (secondary N) is 3. The molecule has 2 aliphatic heterocycles. The van der Waals surface area contributed by atoms with E-state index in [0.717, 1.165) is 39.3 Å². The van der Waals surface area contributed by atoms with Crippen LogP contribution in [0.4, 0.5) is 0 Å². The van der Waals surface area contributed by atoms with Gasteiger partial charge in [0.05, 0.1) is 0 Å². The molecule has 5 heteroatoms. The Bertz CT molecular complexity index is 186. The van der Waals surface area contributed by atoms with Crippen molar-refractivity contribution >= 4 is 0 Å². The Morgan fingerprint density at radius 1 is 0.421 bits per heavy atom. The minimum absolute atomic E-state index is 1.13. The van der Waals surface area contributed by atoms with Crippen molar-refractivity contribution in [2.45, 2.75) is 12.8 Å². The summed E-state index contributed by atoms with van der Waals surface area (Å²) < 4.78 is 0. The van der Waals surface area contributed by atoms with Crippen LogP contribution in [0.15, 0.2) is 0 Å². The summed E-state index contributed by atoms with van der Waals surface area (Å²) in [6.45, 7) is 14.0. The van der Waals surface area contributed by atoms with E-state index in [2.05, 4.69) is 25.8 Å². The van der Waals surface area contributed by atoms with Crippen LogP contribution in [0.25, 0.3) is 0 Å². The van der Waals surface area contributed by atoms with Gasteiger partial charge in [-0.1, -0.05) is 0 Å². The van der Waals surface area contributed by atoms with Gasteiger partial charge >= 0.3 is 0 Å². The molecule has 0 amide bonds. The predicted octanol–water partition coefficient (Wildman–Crippen LogP) is -0.833. The summed E-state index contributed by atoms with van der Waals surface area (Å²) in [6, 6.07) is 0. The van der Waals surface area contributed by atoms with Crippen molar-refractivity contribution < 1.29 is 0 Å². The fraction of sp³-hybridized carbons (Fsp3) is 1.00. The maximum atomic E-state index is 3.60. The lowest BCUT2D eigenvalue weighted by Crippen LogP contribution is -2.38. The molecule has 2 heterocycles. The van der Waals surface area contributed by atoms with Crippen molar-refractivity contribution in [1.82, 2.24) is 25.8 Å². The minimum atomic E-state index is 1.13. The average molecular weight is 269 g/mol. The standard InChI is InChI=1S/C14H31N5/c1-3-15-5-12-19-10-2-4-16-6-11-18(9-1)13-7-17-8-14-19/h15-17H,1-14H2. The van der Waals surface area contributed by atoms with Crippen LogP contribution in [-0.4, -0.2) is 88.3 Å². The molecule has 0 radical (unpaired) electrons. The van der Waals surface area contributed by atoms with E-state index in [1.165, 1.54) is 52.1 Å². The normalized spacial score (nSPS) is 32.8. The van der Waals surface area contributed by atoms with Gasteiger partial charge in [-0.2, -0.15) is 0 Å². The molecule has 5 nitrogen and oxygen atoms in total. The summed E-state index contributed by atoms with van der Waals surface area (Å²) >= 11 is 0. The van der Waals surface area contributed by atoms with Crippen LogP contribution in [0.5, 0.6) is 0 Å². The van der Waals surface area contributed by atoms with Crippen LogP contribution in [-0.2, 0) is 0 Å². The molecule has 2 saturated heterocycles. The highest BCUT2D eigenvalue weighted by molar-refractivity contribution is 4.69. The van der Waals surface area contributed by atoms with E-state index in [-0.39, 0.29) is 0 Å². The van der Waals surface area contributed by atoms with E-state index in [4.69, 9.17) is 0 Å². The molecule has 2 bridgehead atoms. The van der Waals surface area contributed by atoms with Crippen LogP contribution in [0.1, 0.15) is 12.8 Å². The molecule has 2 fully saturated rings. The Morgan fingerprint density at radius 2 is 0.789 bits per heavy atom. The Balaban J connectivity index is 1.90. The predicted molar refractivity (Wildman–Crippen MR) is 80.7 cm³/mol. The van der Waals surface area contributed by atoms with Gasteiger partial charge in [-0.3, -0.25) is 0 Å². The van der Waals surface area contributed by atoms with Crippen LogP contribution < -0.4 is 16.0 Å². The maximum absolute atomic E-state index is 3.60. The number of hydrogen-bond donors (Lipinski definition) is 3. The second kappa shape index (κ2) is 9.66. The van der Waals surface area contributed by atoms with Crippen molar-refractivity contribution in [3.8, 4) is 0 Å². The molecule has 3 N–H and O–H groups in total.